The Morgan fingerprint density at radius 3 is 2.37 bits per heavy atom. The maximum absolute atomic E-state index is 14.6. The Kier molecular flexibility index (Phi) is 5.94. The molecule has 0 bridgehead atoms. The van der Waals surface area contributed by atoms with Gasteiger partial charge in [0.1, 0.15) is 0 Å². The quantitative estimate of drug-likeness (QED) is 0.384. The van der Waals surface area contributed by atoms with E-state index >= 15 is 0 Å². The highest BCUT2D eigenvalue weighted by Gasteiger charge is 2.30. The first-order valence-electron chi connectivity index (χ1n) is 7.73. The number of hydrogen-bond acceptors (Lipinski definition) is 3. The van der Waals surface area contributed by atoms with E-state index in [4.69, 9.17) is 10.8 Å². The van der Waals surface area contributed by atoms with Crippen LogP contribution < -0.4 is 16.0 Å². The number of halogens is 4. The number of nitrogens with two attached hydrogens (primary N) is 1. The molecule has 5 nitrogen and oxygen atoms in total. The van der Waals surface area contributed by atoms with Crippen LogP contribution in [0.4, 0.5) is 39.4 Å². The average Bonchev–Trinajstić information content (AvgIpc) is 2.58. The molecule has 1 amide bonds. The van der Waals surface area contributed by atoms with Gasteiger partial charge in [0, 0.05) is 13.1 Å². The normalized spacial score (nSPS) is 11.1. The molecule has 0 aliphatic heterocycles. The number of carbonyl (C=O) groups is 1. The van der Waals surface area contributed by atoms with Crippen molar-refractivity contribution in [3.63, 3.8) is 0 Å². The van der Waals surface area contributed by atoms with E-state index in [9.17, 15) is 22.4 Å². The Hall–Kier alpha value is -3.23. The number of amides is 1. The summed E-state index contributed by atoms with van der Waals surface area (Å²) < 4.78 is 52.6. The van der Waals surface area contributed by atoms with Crippen molar-refractivity contribution >= 4 is 23.2 Å². The van der Waals surface area contributed by atoms with Crippen LogP contribution in [0.25, 0.3) is 0 Å². The van der Waals surface area contributed by atoms with Crippen LogP contribution in [0.3, 0.4) is 0 Å². The van der Waals surface area contributed by atoms with Crippen LogP contribution >= 0.6 is 0 Å². The average molecular weight is 383 g/mol. The third-order valence-electron chi connectivity index (χ3n) is 3.75. The second-order valence-corrected chi connectivity index (χ2v) is 5.65. The molecule has 0 radical (unpaired) electrons. The van der Waals surface area contributed by atoms with Gasteiger partial charge in [-0.15, -0.1) is 6.58 Å². The number of hydrogen-bond donors (Lipinski definition) is 3. The van der Waals surface area contributed by atoms with Gasteiger partial charge in [-0.3, -0.25) is 5.32 Å². The topological polar surface area (TPSA) is 78.6 Å². The molecule has 0 saturated carbocycles. The lowest BCUT2D eigenvalue weighted by molar-refractivity contribution is -0.137. The van der Waals surface area contributed by atoms with Gasteiger partial charge in [0.05, 0.1) is 22.6 Å². The van der Waals surface area contributed by atoms with Gasteiger partial charge in [0.15, 0.2) is 5.82 Å². The molecule has 0 saturated heterocycles. The zero-order valence-electron chi connectivity index (χ0n) is 14.1. The number of alkyl halides is 3. The van der Waals surface area contributed by atoms with Crippen molar-refractivity contribution in [2.75, 3.05) is 22.5 Å². The van der Waals surface area contributed by atoms with Gasteiger partial charge in [0.25, 0.3) is 0 Å². The van der Waals surface area contributed by atoms with Crippen molar-refractivity contribution in [2.45, 2.75) is 12.7 Å². The van der Waals surface area contributed by atoms with Gasteiger partial charge in [-0.2, -0.15) is 13.2 Å². The lowest BCUT2D eigenvalue weighted by Gasteiger charge is -2.25. The summed E-state index contributed by atoms with van der Waals surface area (Å²) in [6.07, 6.45) is -4.32. The number of nitrogen functional groups attached to an aromatic ring is 1. The molecular formula is C18H17F4N3O2. The summed E-state index contributed by atoms with van der Waals surface area (Å²) in [6.45, 7) is 3.89. The van der Waals surface area contributed by atoms with Crippen LogP contribution in [0.1, 0.15) is 11.1 Å². The molecule has 0 aliphatic rings. The molecule has 0 atom stereocenters. The molecule has 9 heteroatoms. The van der Waals surface area contributed by atoms with Crippen LogP contribution in [-0.2, 0) is 12.7 Å². The zero-order chi connectivity index (χ0) is 20.2. The van der Waals surface area contributed by atoms with E-state index < -0.39 is 23.7 Å². The summed E-state index contributed by atoms with van der Waals surface area (Å²) in [5.41, 5.74) is 4.99. The summed E-state index contributed by atoms with van der Waals surface area (Å²) in [5, 5.41) is 10.7. The van der Waals surface area contributed by atoms with Crippen molar-refractivity contribution in [3.8, 4) is 0 Å². The van der Waals surface area contributed by atoms with Crippen molar-refractivity contribution in [2.24, 2.45) is 0 Å². The number of nitrogens with zero attached hydrogens (tertiary/aromatic N) is 1. The predicted octanol–water partition coefficient (Wildman–Crippen LogP) is 4.71. The van der Waals surface area contributed by atoms with Crippen LogP contribution in [-0.4, -0.2) is 17.7 Å². The third kappa shape index (κ3) is 4.90. The predicted molar refractivity (Wildman–Crippen MR) is 95.2 cm³/mol. The van der Waals surface area contributed by atoms with Gasteiger partial charge in [-0.05, 0) is 29.8 Å². The first-order chi connectivity index (χ1) is 12.6. The molecule has 2 aromatic carbocycles. The van der Waals surface area contributed by atoms with Crippen LogP contribution in [0.15, 0.2) is 49.1 Å². The summed E-state index contributed by atoms with van der Waals surface area (Å²) in [5.74, 6) is -0.838. The highest BCUT2D eigenvalue weighted by Crippen LogP contribution is 2.32. The fourth-order valence-electron chi connectivity index (χ4n) is 2.47. The largest absolute Gasteiger partial charge is 0.465 e. The molecule has 0 unspecified atom stereocenters. The van der Waals surface area contributed by atoms with E-state index in [2.05, 4.69) is 6.58 Å². The first kappa shape index (κ1) is 20.1. The summed E-state index contributed by atoms with van der Waals surface area (Å²) >= 11 is 0. The van der Waals surface area contributed by atoms with Crippen molar-refractivity contribution < 1.29 is 27.5 Å². The highest BCUT2D eigenvalue weighted by molar-refractivity contribution is 5.88. The van der Waals surface area contributed by atoms with Crippen molar-refractivity contribution in [1.82, 2.24) is 0 Å². The van der Waals surface area contributed by atoms with E-state index in [1.165, 1.54) is 35.2 Å². The summed E-state index contributed by atoms with van der Waals surface area (Å²) in [6, 6.07) is 7.16. The standard InChI is InChI=1S/C18H17F4N3O2/c1-2-9-25(10-11-3-5-12(6-4-11)18(20,21)22)14-8-7-13(24-17(26)27)16(23)15(14)19/h2-8,24H,1,9-10,23H2,(H,26,27). The smallest absolute Gasteiger partial charge is 0.416 e. The molecule has 2 rings (SSSR count). The molecule has 4 N–H and O–H groups in total. The van der Waals surface area contributed by atoms with E-state index in [0.717, 1.165) is 12.1 Å². The zero-order valence-corrected chi connectivity index (χ0v) is 14.1. The Morgan fingerprint density at radius 2 is 1.85 bits per heavy atom. The minimum Gasteiger partial charge on any atom is -0.465 e. The molecule has 0 aromatic heterocycles. The fraction of sp³-hybridized carbons (Fsp3) is 0.167. The maximum atomic E-state index is 14.6. The Bertz CT molecular complexity index is 836. The summed E-state index contributed by atoms with van der Waals surface area (Å²) in [4.78, 5) is 12.2. The van der Waals surface area contributed by atoms with Crippen molar-refractivity contribution in [3.05, 3.63) is 66.0 Å². The van der Waals surface area contributed by atoms with Crippen LogP contribution in [0.5, 0.6) is 0 Å². The van der Waals surface area contributed by atoms with Gasteiger partial charge >= 0.3 is 12.3 Å². The molecule has 0 spiro atoms. The highest BCUT2D eigenvalue weighted by atomic mass is 19.4. The SMILES string of the molecule is C=CCN(Cc1ccc(C(F)(F)F)cc1)c1ccc(NC(=O)O)c(N)c1F. The van der Waals surface area contributed by atoms with E-state index in [1.807, 2.05) is 5.32 Å². The monoisotopic (exact) mass is 383 g/mol. The van der Waals surface area contributed by atoms with Crippen LogP contribution in [0.2, 0.25) is 0 Å². The fourth-order valence-corrected chi connectivity index (χ4v) is 2.47. The molecule has 0 heterocycles. The first-order valence-corrected chi connectivity index (χ1v) is 7.73. The Morgan fingerprint density at radius 1 is 1.22 bits per heavy atom. The van der Waals surface area contributed by atoms with E-state index in [1.54, 1.807) is 0 Å². The molecule has 27 heavy (non-hydrogen) atoms. The number of rotatable bonds is 6. The Labute approximate surface area is 152 Å². The second-order valence-electron chi connectivity index (χ2n) is 5.65. The molecular weight excluding hydrogens is 366 g/mol. The van der Waals surface area contributed by atoms with E-state index in [0.29, 0.717) is 5.56 Å². The van der Waals surface area contributed by atoms with Crippen LogP contribution in [0, 0.1) is 5.82 Å². The van der Waals surface area contributed by atoms with E-state index in [-0.39, 0.29) is 30.2 Å². The molecule has 0 fully saturated rings. The lowest BCUT2D eigenvalue weighted by Crippen LogP contribution is -2.24. The minimum atomic E-state index is -4.44. The second kappa shape index (κ2) is 7.98. The van der Waals surface area contributed by atoms with Gasteiger partial charge in [0.2, 0.25) is 0 Å². The van der Waals surface area contributed by atoms with Gasteiger partial charge in [-0.25, -0.2) is 9.18 Å². The number of nitrogens with one attached hydrogen (secondary N) is 1. The minimum absolute atomic E-state index is 0.0724. The molecule has 2 aromatic rings. The number of carboxylic acid groups (broad SMARTS) is 1. The number of anilines is 3. The molecule has 144 valence electrons. The molecule has 0 aliphatic carbocycles. The Balaban J connectivity index is 2.31. The van der Waals surface area contributed by atoms with Gasteiger partial charge < -0.3 is 15.7 Å². The van der Waals surface area contributed by atoms with Crippen molar-refractivity contribution in [1.29, 1.82) is 0 Å². The lowest BCUT2D eigenvalue weighted by atomic mass is 10.1. The maximum Gasteiger partial charge on any atom is 0.416 e. The summed E-state index contributed by atoms with van der Waals surface area (Å²) in [7, 11) is 0. The third-order valence-corrected chi connectivity index (χ3v) is 3.75. The van der Waals surface area contributed by atoms with Gasteiger partial charge in [-0.1, -0.05) is 18.2 Å². The number of benzene rings is 2.